The zero-order chi connectivity index (χ0) is 20.9. The molecule has 0 saturated heterocycles. The Kier molecular flexibility index (Phi) is 10.3. The number of benzene rings is 1. The second-order valence-corrected chi connectivity index (χ2v) is 6.03. The molecule has 154 valence electrons. The molecule has 1 aromatic rings. The van der Waals surface area contributed by atoms with E-state index in [1.54, 1.807) is 11.0 Å². The Hall–Kier alpha value is -2.91. The highest BCUT2D eigenvalue weighted by Crippen LogP contribution is 2.13. The average Bonchev–Trinajstić information content (AvgIpc) is 2.59. The van der Waals surface area contributed by atoms with Crippen molar-refractivity contribution in [1.82, 2.24) is 9.80 Å². The molecule has 3 N–H and O–H groups in total. The number of carbonyl (C=O) groups is 3. The molecule has 0 saturated carbocycles. The molecule has 0 radical (unpaired) electrons. The molecule has 0 spiro atoms. The van der Waals surface area contributed by atoms with Crippen molar-refractivity contribution < 1.29 is 34.4 Å². The lowest BCUT2D eigenvalue weighted by molar-refractivity contribution is -0.143. The summed E-state index contributed by atoms with van der Waals surface area (Å²) in [6.45, 7) is 2.09. The molecule has 0 aromatic heterocycles. The van der Waals surface area contributed by atoms with E-state index >= 15 is 0 Å². The smallest absolute Gasteiger partial charge is 0.317 e. The van der Waals surface area contributed by atoms with Gasteiger partial charge in [0, 0.05) is 19.6 Å². The quantitative estimate of drug-likeness (QED) is 0.422. The Morgan fingerprint density at radius 1 is 0.893 bits per heavy atom. The number of carboxylic acids is 3. The van der Waals surface area contributed by atoms with Crippen molar-refractivity contribution in [3.8, 4) is 5.75 Å². The van der Waals surface area contributed by atoms with E-state index in [1.807, 2.05) is 37.3 Å². The Morgan fingerprint density at radius 2 is 1.39 bits per heavy atom. The molecule has 0 aliphatic heterocycles. The predicted molar refractivity (Wildman–Crippen MR) is 102 cm³/mol. The number of nitrogens with zero attached hydrogens (tertiary/aromatic N) is 2. The van der Waals surface area contributed by atoms with Crippen LogP contribution in [-0.4, -0.2) is 88.9 Å². The monoisotopic (exact) mass is 394 g/mol. The molecule has 1 aromatic carbocycles. The summed E-state index contributed by atoms with van der Waals surface area (Å²) in [5.41, 5.74) is 0.928. The van der Waals surface area contributed by atoms with Crippen LogP contribution in [0.2, 0.25) is 0 Å². The van der Waals surface area contributed by atoms with Gasteiger partial charge >= 0.3 is 17.9 Å². The fourth-order valence-corrected chi connectivity index (χ4v) is 2.49. The Morgan fingerprint density at radius 3 is 1.89 bits per heavy atom. The van der Waals surface area contributed by atoms with Gasteiger partial charge in [-0.3, -0.25) is 24.2 Å². The molecule has 9 heteroatoms. The molecule has 9 nitrogen and oxygen atoms in total. The molecule has 0 heterocycles. The number of rotatable bonds is 14. The van der Waals surface area contributed by atoms with E-state index in [9.17, 15) is 14.4 Å². The van der Waals surface area contributed by atoms with Gasteiger partial charge in [0.05, 0.1) is 26.2 Å². The molecule has 0 unspecified atom stereocenters. The molecule has 0 atom stereocenters. The largest absolute Gasteiger partial charge is 0.494 e. The Balaban J connectivity index is 2.64. The molecule has 28 heavy (non-hydrogen) atoms. The van der Waals surface area contributed by atoms with Crippen molar-refractivity contribution in [2.75, 3.05) is 45.9 Å². The summed E-state index contributed by atoms with van der Waals surface area (Å²) in [5, 5.41) is 26.8. The highest BCUT2D eigenvalue weighted by molar-refractivity contribution is 5.72. The van der Waals surface area contributed by atoms with Gasteiger partial charge in [-0.25, -0.2) is 0 Å². The van der Waals surface area contributed by atoms with E-state index in [-0.39, 0.29) is 19.6 Å². The van der Waals surface area contributed by atoms with Crippen molar-refractivity contribution in [2.24, 2.45) is 0 Å². The van der Waals surface area contributed by atoms with Gasteiger partial charge in [0.25, 0.3) is 0 Å². The summed E-state index contributed by atoms with van der Waals surface area (Å²) in [4.78, 5) is 35.6. The highest BCUT2D eigenvalue weighted by atomic mass is 16.5. The maximum atomic E-state index is 11.1. The SMILES string of the molecule is CCOc1ccc(C=CCN(CCN(CC(=O)O)CC(=O)O)CC(=O)O)cc1. The van der Waals surface area contributed by atoms with E-state index in [0.717, 1.165) is 11.3 Å². The van der Waals surface area contributed by atoms with Gasteiger partial charge in [-0.2, -0.15) is 0 Å². The molecule has 0 aliphatic carbocycles. The van der Waals surface area contributed by atoms with Crippen molar-refractivity contribution >= 4 is 24.0 Å². The lowest BCUT2D eigenvalue weighted by atomic mass is 10.2. The molecule has 0 aliphatic rings. The Bertz CT molecular complexity index is 657. The number of hydrogen-bond donors (Lipinski definition) is 3. The second-order valence-electron chi connectivity index (χ2n) is 6.03. The second kappa shape index (κ2) is 12.5. The van der Waals surface area contributed by atoms with Crippen LogP contribution in [0.5, 0.6) is 5.75 Å². The van der Waals surface area contributed by atoms with Crippen LogP contribution in [-0.2, 0) is 14.4 Å². The topological polar surface area (TPSA) is 128 Å². The van der Waals surface area contributed by atoms with Crippen molar-refractivity contribution in [3.05, 3.63) is 35.9 Å². The molecule has 0 amide bonds. The Labute approximate surface area is 163 Å². The number of aliphatic carboxylic acids is 3. The van der Waals surface area contributed by atoms with Crippen LogP contribution in [0.4, 0.5) is 0 Å². The maximum absolute atomic E-state index is 11.1. The summed E-state index contributed by atoms with van der Waals surface area (Å²) >= 11 is 0. The first-order valence-electron chi connectivity index (χ1n) is 8.79. The fraction of sp³-hybridized carbons (Fsp3) is 0.421. The lowest BCUT2D eigenvalue weighted by Crippen LogP contribution is -2.41. The number of carboxylic acid groups (broad SMARTS) is 3. The molecular weight excluding hydrogens is 368 g/mol. The summed E-state index contributed by atoms with van der Waals surface area (Å²) in [5.74, 6) is -2.52. The van der Waals surface area contributed by atoms with E-state index in [4.69, 9.17) is 20.1 Å². The van der Waals surface area contributed by atoms with Crippen LogP contribution in [0.1, 0.15) is 12.5 Å². The zero-order valence-corrected chi connectivity index (χ0v) is 15.8. The number of ether oxygens (including phenoxy) is 1. The van der Waals surface area contributed by atoms with E-state index in [2.05, 4.69) is 0 Å². The van der Waals surface area contributed by atoms with Crippen LogP contribution < -0.4 is 4.74 Å². The third kappa shape index (κ3) is 10.3. The first kappa shape index (κ1) is 23.1. The van der Waals surface area contributed by atoms with Crippen LogP contribution in [0.25, 0.3) is 6.08 Å². The minimum Gasteiger partial charge on any atom is -0.494 e. The van der Waals surface area contributed by atoms with Crippen LogP contribution >= 0.6 is 0 Å². The summed E-state index contributed by atoms with van der Waals surface area (Å²) in [6.07, 6.45) is 3.65. The normalized spacial score (nSPS) is 11.2. The maximum Gasteiger partial charge on any atom is 0.317 e. The first-order chi connectivity index (χ1) is 13.3. The van der Waals surface area contributed by atoms with Crippen LogP contribution in [0.15, 0.2) is 30.3 Å². The van der Waals surface area contributed by atoms with E-state index in [1.165, 1.54) is 4.90 Å². The van der Waals surface area contributed by atoms with E-state index < -0.39 is 31.0 Å². The van der Waals surface area contributed by atoms with Crippen LogP contribution in [0.3, 0.4) is 0 Å². The van der Waals surface area contributed by atoms with Gasteiger partial charge < -0.3 is 20.1 Å². The standard InChI is InChI=1S/C19H26N2O7/c1-2-28-16-7-5-15(6-8-16)4-3-9-20(12-17(22)23)10-11-21(13-18(24)25)14-19(26)27/h3-8H,2,9-14H2,1H3,(H,22,23)(H,24,25)(H,26,27). The summed E-state index contributed by atoms with van der Waals surface area (Å²) in [6, 6.07) is 7.44. The van der Waals surface area contributed by atoms with Gasteiger partial charge in [0.2, 0.25) is 0 Å². The number of hydrogen-bond acceptors (Lipinski definition) is 6. The van der Waals surface area contributed by atoms with Crippen LogP contribution in [0, 0.1) is 0 Å². The van der Waals surface area contributed by atoms with Gasteiger partial charge in [0.15, 0.2) is 0 Å². The molecule has 1 rings (SSSR count). The van der Waals surface area contributed by atoms with Gasteiger partial charge in [0.1, 0.15) is 5.75 Å². The van der Waals surface area contributed by atoms with Gasteiger partial charge in [-0.15, -0.1) is 0 Å². The zero-order valence-electron chi connectivity index (χ0n) is 15.8. The highest BCUT2D eigenvalue weighted by Gasteiger charge is 2.16. The summed E-state index contributed by atoms with van der Waals surface area (Å²) < 4.78 is 5.37. The van der Waals surface area contributed by atoms with E-state index in [0.29, 0.717) is 13.2 Å². The lowest BCUT2D eigenvalue weighted by Gasteiger charge is -2.23. The minimum atomic E-state index is -1.14. The van der Waals surface area contributed by atoms with Crippen molar-refractivity contribution in [3.63, 3.8) is 0 Å². The fourth-order valence-electron chi connectivity index (χ4n) is 2.49. The van der Waals surface area contributed by atoms with Gasteiger partial charge in [-0.1, -0.05) is 24.3 Å². The molecular formula is C19H26N2O7. The molecule has 0 bridgehead atoms. The van der Waals surface area contributed by atoms with Crippen molar-refractivity contribution in [2.45, 2.75) is 6.92 Å². The third-order valence-corrected chi connectivity index (χ3v) is 3.67. The van der Waals surface area contributed by atoms with Gasteiger partial charge in [-0.05, 0) is 24.6 Å². The molecule has 0 fully saturated rings. The minimum absolute atomic E-state index is 0.128. The summed E-state index contributed by atoms with van der Waals surface area (Å²) in [7, 11) is 0. The first-order valence-corrected chi connectivity index (χ1v) is 8.79. The van der Waals surface area contributed by atoms with Crippen molar-refractivity contribution in [1.29, 1.82) is 0 Å². The third-order valence-electron chi connectivity index (χ3n) is 3.67. The predicted octanol–water partition coefficient (Wildman–Crippen LogP) is 0.956. The average molecular weight is 394 g/mol.